The van der Waals surface area contributed by atoms with Gasteiger partial charge < -0.3 is 4.74 Å². The number of aromatic nitrogens is 1. The summed E-state index contributed by atoms with van der Waals surface area (Å²) in [4.78, 5) is 3.55. The van der Waals surface area contributed by atoms with Crippen LogP contribution < -0.4 is 4.74 Å². The molecule has 14 heavy (non-hydrogen) atoms. The molecule has 1 rings (SSSR count). The maximum absolute atomic E-state index is 11.9. The largest absolute Gasteiger partial charge is 0.417 e. The summed E-state index contributed by atoms with van der Waals surface area (Å²) in [5.41, 5.74) is 0.250. The predicted octanol–water partition coefficient (Wildman–Crippen LogP) is 2.40. The molecule has 0 saturated heterocycles. The summed E-state index contributed by atoms with van der Waals surface area (Å²) in [6.45, 7) is -2.96. The molecule has 0 aliphatic heterocycles. The fraction of sp³-hybridized carbons (Fsp3) is 0.250. The molecule has 74 valence electrons. The van der Waals surface area contributed by atoms with Crippen molar-refractivity contribution in [3.05, 3.63) is 22.8 Å². The Kier molecular flexibility index (Phi) is 3.60. The Hall–Kier alpha value is -1.41. The van der Waals surface area contributed by atoms with Crippen LogP contribution in [0.5, 0.6) is 5.88 Å². The van der Waals surface area contributed by atoms with E-state index < -0.39 is 6.61 Å². The Morgan fingerprint density at radius 3 is 2.93 bits per heavy atom. The molecule has 0 unspecified atom stereocenters. The molecule has 3 nitrogen and oxygen atoms in total. The van der Waals surface area contributed by atoms with E-state index in [0.717, 1.165) is 0 Å². The normalized spacial score (nSPS) is 9.93. The quantitative estimate of drug-likeness (QED) is 0.783. The highest BCUT2D eigenvalue weighted by Crippen LogP contribution is 2.21. The van der Waals surface area contributed by atoms with Crippen molar-refractivity contribution in [2.24, 2.45) is 0 Å². The first-order valence-electron chi connectivity index (χ1n) is 3.59. The van der Waals surface area contributed by atoms with Crippen LogP contribution in [0, 0.1) is 11.3 Å². The molecule has 0 fully saturated rings. The molecule has 1 aromatic heterocycles. The van der Waals surface area contributed by atoms with Gasteiger partial charge in [-0.15, -0.1) is 0 Å². The molecule has 1 aromatic rings. The third-order valence-electron chi connectivity index (χ3n) is 1.36. The summed E-state index contributed by atoms with van der Waals surface area (Å²) in [5, 5.41) is 8.68. The average molecular weight is 219 g/mol. The topological polar surface area (TPSA) is 45.9 Å². The number of pyridine rings is 1. The maximum atomic E-state index is 11.9. The van der Waals surface area contributed by atoms with Gasteiger partial charge in [-0.3, -0.25) is 0 Å². The SMILES string of the molecule is N#CCc1cc(Cl)cnc1OC(F)F. The highest BCUT2D eigenvalue weighted by atomic mass is 35.5. The summed E-state index contributed by atoms with van der Waals surface area (Å²) < 4.78 is 27.8. The fourth-order valence-electron chi connectivity index (χ4n) is 0.871. The average Bonchev–Trinajstić information content (AvgIpc) is 2.09. The molecule has 0 amide bonds. The molecule has 1 heterocycles. The molecule has 0 N–H and O–H groups in total. The van der Waals surface area contributed by atoms with Crippen LogP contribution in [0.15, 0.2) is 12.3 Å². The van der Waals surface area contributed by atoms with Crippen molar-refractivity contribution < 1.29 is 13.5 Å². The lowest BCUT2D eigenvalue weighted by atomic mass is 10.2. The van der Waals surface area contributed by atoms with E-state index in [0.29, 0.717) is 0 Å². The van der Waals surface area contributed by atoms with Gasteiger partial charge >= 0.3 is 6.61 Å². The molecular weight excluding hydrogens is 214 g/mol. The van der Waals surface area contributed by atoms with Crippen LogP contribution in [0.2, 0.25) is 5.02 Å². The first-order chi connectivity index (χ1) is 6.63. The second-order valence-electron chi connectivity index (χ2n) is 2.33. The molecule has 0 aliphatic carbocycles. The first-order valence-corrected chi connectivity index (χ1v) is 3.97. The maximum Gasteiger partial charge on any atom is 0.388 e. The van der Waals surface area contributed by atoms with E-state index >= 15 is 0 Å². The monoisotopic (exact) mass is 218 g/mol. The summed E-state index contributed by atoms with van der Waals surface area (Å²) >= 11 is 5.57. The van der Waals surface area contributed by atoms with Crippen LogP contribution in [0.1, 0.15) is 5.56 Å². The third kappa shape index (κ3) is 2.82. The zero-order valence-electron chi connectivity index (χ0n) is 6.88. The van der Waals surface area contributed by atoms with Crippen molar-refractivity contribution in [2.45, 2.75) is 13.0 Å². The minimum absolute atomic E-state index is 0.0738. The van der Waals surface area contributed by atoms with Crippen LogP contribution in [0.25, 0.3) is 0 Å². The number of hydrogen-bond acceptors (Lipinski definition) is 3. The summed E-state index contributed by atoms with van der Waals surface area (Å²) in [6, 6.07) is 3.17. The number of ether oxygens (including phenoxy) is 1. The van der Waals surface area contributed by atoms with E-state index in [1.165, 1.54) is 12.3 Å². The standard InChI is InChI=1S/C8H5ClF2N2O/c9-6-3-5(1-2-12)7(13-4-6)14-8(10)11/h3-4,8H,1H2. The number of rotatable bonds is 3. The number of alkyl halides is 2. The van der Waals surface area contributed by atoms with Crippen LogP contribution in [0.3, 0.4) is 0 Å². The molecule has 0 aromatic carbocycles. The van der Waals surface area contributed by atoms with Crippen molar-refractivity contribution in [1.29, 1.82) is 5.26 Å². The number of hydrogen-bond donors (Lipinski definition) is 0. The number of nitrogens with zero attached hydrogens (tertiary/aromatic N) is 2. The molecule has 0 radical (unpaired) electrons. The van der Waals surface area contributed by atoms with Crippen molar-refractivity contribution in [1.82, 2.24) is 4.98 Å². The van der Waals surface area contributed by atoms with Gasteiger partial charge in [0.25, 0.3) is 0 Å². The zero-order valence-corrected chi connectivity index (χ0v) is 7.63. The minimum atomic E-state index is -2.96. The fourth-order valence-corrected chi connectivity index (χ4v) is 1.05. The lowest BCUT2D eigenvalue weighted by Gasteiger charge is -2.06. The minimum Gasteiger partial charge on any atom is -0.417 e. The van der Waals surface area contributed by atoms with Gasteiger partial charge in [-0.1, -0.05) is 11.6 Å². The molecule has 0 bridgehead atoms. The Labute approximate surface area is 83.9 Å². The molecule has 6 heteroatoms. The van der Waals surface area contributed by atoms with E-state index in [9.17, 15) is 8.78 Å². The van der Waals surface area contributed by atoms with E-state index in [-0.39, 0.29) is 22.9 Å². The number of halogens is 3. The Morgan fingerprint density at radius 1 is 1.64 bits per heavy atom. The smallest absolute Gasteiger partial charge is 0.388 e. The molecule has 0 spiro atoms. The molecular formula is C8H5ClF2N2O. The number of nitriles is 1. The van der Waals surface area contributed by atoms with Crippen LogP contribution in [0.4, 0.5) is 8.78 Å². The second-order valence-corrected chi connectivity index (χ2v) is 2.77. The van der Waals surface area contributed by atoms with E-state index in [4.69, 9.17) is 16.9 Å². The highest BCUT2D eigenvalue weighted by Gasteiger charge is 2.11. The van der Waals surface area contributed by atoms with Crippen molar-refractivity contribution in [2.75, 3.05) is 0 Å². The summed E-state index contributed by atoms with van der Waals surface area (Å²) in [5.74, 6) is -0.258. The Balaban J connectivity index is 2.97. The second kappa shape index (κ2) is 4.72. The Morgan fingerprint density at radius 2 is 2.36 bits per heavy atom. The van der Waals surface area contributed by atoms with E-state index in [1.807, 2.05) is 0 Å². The van der Waals surface area contributed by atoms with E-state index in [2.05, 4.69) is 9.72 Å². The van der Waals surface area contributed by atoms with Gasteiger partial charge in [-0.25, -0.2) is 4.98 Å². The lowest BCUT2D eigenvalue weighted by Crippen LogP contribution is -2.06. The van der Waals surface area contributed by atoms with Crippen molar-refractivity contribution in [3.8, 4) is 11.9 Å². The van der Waals surface area contributed by atoms with Gasteiger partial charge in [0, 0.05) is 11.8 Å². The van der Waals surface area contributed by atoms with Crippen molar-refractivity contribution >= 4 is 11.6 Å². The van der Waals surface area contributed by atoms with Crippen molar-refractivity contribution in [3.63, 3.8) is 0 Å². The van der Waals surface area contributed by atoms with Gasteiger partial charge in [0.1, 0.15) is 0 Å². The molecule has 0 atom stereocenters. The lowest BCUT2D eigenvalue weighted by molar-refractivity contribution is -0.0534. The zero-order chi connectivity index (χ0) is 10.6. The first kappa shape index (κ1) is 10.7. The Bertz CT molecular complexity index is 365. The molecule has 0 aliphatic rings. The van der Waals surface area contributed by atoms with Crippen LogP contribution in [-0.4, -0.2) is 11.6 Å². The van der Waals surface area contributed by atoms with Gasteiger partial charge in [0.05, 0.1) is 17.5 Å². The third-order valence-corrected chi connectivity index (χ3v) is 1.57. The molecule has 0 saturated carbocycles. The summed E-state index contributed by atoms with van der Waals surface area (Å²) in [7, 11) is 0. The van der Waals surface area contributed by atoms with Crippen LogP contribution in [-0.2, 0) is 6.42 Å². The van der Waals surface area contributed by atoms with E-state index in [1.54, 1.807) is 6.07 Å². The predicted molar refractivity (Wildman–Crippen MR) is 45.2 cm³/mol. The van der Waals surface area contributed by atoms with Crippen LogP contribution >= 0.6 is 11.6 Å². The summed E-state index contributed by atoms with van der Waals surface area (Å²) in [6.07, 6.45) is 1.11. The highest BCUT2D eigenvalue weighted by molar-refractivity contribution is 6.30. The van der Waals surface area contributed by atoms with Gasteiger partial charge in [0.15, 0.2) is 0 Å². The van der Waals surface area contributed by atoms with Gasteiger partial charge in [-0.2, -0.15) is 14.0 Å². The van der Waals surface area contributed by atoms with Gasteiger partial charge in [-0.05, 0) is 6.07 Å². The van der Waals surface area contributed by atoms with Gasteiger partial charge in [0.2, 0.25) is 5.88 Å².